The lowest BCUT2D eigenvalue weighted by Gasteiger charge is -2.25. The molecule has 2 heterocycles. The lowest BCUT2D eigenvalue weighted by Crippen LogP contribution is -2.47. The number of benzene rings is 1. The molecule has 0 radical (unpaired) electrons. The summed E-state index contributed by atoms with van der Waals surface area (Å²) in [5, 5.41) is 17.2. The average molecular weight is 427 g/mol. The van der Waals surface area contributed by atoms with Crippen LogP contribution in [0.5, 0.6) is 0 Å². The lowest BCUT2D eigenvalue weighted by atomic mass is 10.1. The first-order chi connectivity index (χ1) is 14.2. The monoisotopic (exact) mass is 426 g/mol. The van der Waals surface area contributed by atoms with Crippen LogP contribution in [0.1, 0.15) is 31.2 Å². The van der Waals surface area contributed by atoms with Crippen LogP contribution in [0.4, 0.5) is 0 Å². The van der Waals surface area contributed by atoms with Gasteiger partial charge < -0.3 is 10.2 Å². The van der Waals surface area contributed by atoms with Crippen LogP contribution in [0.3, 0.4) is 0 Å². The van der Waals surface area contributed by atoms with Gasteiger partial charge in [0.2, 0.25) is 17.6 Å². The zero-order valence-electron chi connectivity index (χ0n) is 17.6. The van der Waals surface area contributed by atoms with Crippen LogP contribution in [-0.2, 0) is 22.7 Å². The molecule has 1 aromatic carbocycles. The molecule has 0 atom stereocenters. The summed E-state index contributed by atoms with van der Waals surface area (Å²) in [5.74, 6) is -0.00213. The summed E-state index contributed by atoms with van der Waals surface area (Å²) >= 11 is 1.54. The Bertz CT molecular complexity index is 989. The largest absolute Gasteiger partial charge is 0.350 e. The molecule has 0 spiro atoms. The highest BCUT2D eigenvalue weighted by Crippen LogP contribution is 2.15. The highest BCUT2D eigenvalue weighted by Gasteiger charge is 2.22. The van der Waals surface area contributed by atoms with Crippen molar-refractivity contribution in [2.45, 2.75) is 46.3 Å². The number of hydrogen-bond acceptors (Lipinski definition) is 6. The van der Waals surface area contributed by atoms with E-state index < -0.39 is 0 Å². The molecule has 3 rings (SSSR count). The first-order valence-electron chi connectivity index (χ1n) is 9.65. The highest BCUT2D eigenvalue weighted by molar-refractivity contribution is 7.09. The molecule has 1 N–H and O–H groups in total. The van der Waals surface area contributed by atoms with Crippen molar-refractivity contribution < 1.29 is 9.59 Å². The van der Waals surface area contributed by atoms with Gasteiger partial charge in [-0.05, 0) is 44.4 Å². The molecule has 0 saturated heterocycles. The van der Waals surface area contributed by atoms with E-state index in [4.69, 9.17) is 0 Å². The molecule has 8 nitrogen and oxygen atoms in total. The minimum Gasteiger partial charge on any atom is -0.350 e. The van der Waals surface area contributed by atoms with Crippen molar-refractivity contribution >= 4 is 23.2 Å². The van der Waals surface area contributed by atoms with Gasteiger partial charge in [0, 0.05) is 16.0 Å². The Morgan fingerprint density at radius 3 is 2.53 bits per heavy atom. The molecule has 0 aliphatic heterocycles. The third kappa shape index (κ3) is 6.21. The Morgan fingerprint density at radius 2 is 1.90 bits per heavy atom. The van der Waals surface area contributed by atoms with Gasteiger partial charge in [-0.3, -0.25) is 9.59 Å². The number of carbonyl (C=O) groups excluding carboxylic acids is 2. The summed E-state index contributed by atoms with van der Waals surface area (Å²) in [5.41, 5.74) is 1.60. The van der Waals surface area contributed by atoms with E-state index in [1.54, 1.807) is 11.3 Å². The SMILES string of the molecule is Cc1ccc(-c2nnn(CC(=O)N(CC(=O)NC(C)(C)C)Cc3cccs3)n2)cc1. The second-order valence-corrected chi connectivity index (χ2v) is 9.17. The van der Waals surface area contributed by atoms with E-state index in [0.29, 0.717) is 12.4 Å². The predicted molar refractivity (Wildman–Crippen MR) is 116 cm³/mol. The number of amides is 2. The molecule has 0 aliphatic carbocycles. The van der Waals surface area contributed by atoms with E-state index in [1.165, 1.54) is 9.70 Å². The Kier molecular flexibility index (Phi) is 6.61. The first-order valence-corrected chi connectivity index (χ1v) is 10.5. The van der Waals surface area contributed by atoms with Crippen LogP contribution >= 0.6 is 11.3 Å². The predicted octanol–water partition coefficient (Wildman–Crippen LogP) is 2.65. The van der Waals surface area contributed by atoms with Crippen molar-refractivity contribution in [2.24, 2.45) is 0 Å². The van der Waals surface area contributed by atoms with Gasteiger partial charge in [-0.1, -0.05) is 35.9 Å². The standard InChI is InChI=1S/C21H26N6O2S/c1-15-7-9-16(10-8-15)20-23-25-27(24-20)14-19(29)26(12-17-6-5-11-30-17)13-18(28)22-21(2,3)4/h5-11H,12-14H2,1-4H3,(H,22,28). The van der Waals surface area contributed by atoms with Gasteiger partial charge in [0.05, 0.1) is 13.1 Å². The molecule has 0 saturated carbocycles. The van der Waals surface area contributed by atoms with Crippen LogP contribution in [0.2, 0.25) is 0 Å². The molecule has 2 aromatic heterocycles. The average Bonchev–Trinajstić information content (AvgIpc) is 3.32. The summed E-state index contributed by atoms with van der Waals surface area (Å²) in [6.45, 7) is 7.95. The zero-order valence-corrected chi connectivity index (χ0v) is 18.4. The fourth-order valence-electron chi connectivity index (χ4n) is 2.80. The molecule has 30 heavy (non-hydrogen) atoms. The van der Waals surface area contributed by atoms with Crippen molar-refractivity contribution in [3.05, 3.63) is 52.2 Å². The van der Waals surface area contributed by atoms with Gasteiger partial charge in [-0.25, -0.2) is 0 Å². The van der Waals surface area contributed by atoms with Gasteiger partial charge in [0.15, 0.2) is 0 Å². The number of hydrogen-bond donors (Lipinski definition) is 1. The molecule has 0 aliphatic rings. The van der Waals surface area contributed by atoms with Crippen molar-refractivity contribution in [1.29, 1.82) is 0 Å². The minimum atomic E-state index is -0.370. The molecule has 3 aromatic rings. The third-order valence-corrected chi connectivity index (χ3v) is 5.03. The molecule has 0 fully saturated rings. The lowest BCUT2D eigenvalue weighted by molar-refractivity contribution is -0.138. The number of aryl methyl sites for hydroxylation is 1. The Balaban J connectivity index is 1.71. The molecule has 9 heteroatoms. The second-order valence-electron chi connectivity index (χ2n) is 8.14. The summed E-state index contributed by atoms with van der Waals surface area (Å²) in [4.78, 5) is 29.2. The Labute approximate surface area is 179 Å². The molecule has 2 amide bonds. The van der Waals surface area contributed by atoms with E-state index in [1.807, 2.05) is 69.5 Å². The maximum absolute atomic E-state index is 13.0. The number of aromatic nitrogens is 4. The van der Waals surface area contributed by atoms with Gasteiger partial charge in [0.25, 0.3) is 0 Å². The van der Waals surface area contributed by atoms with Crippen LogP contribution in [0.25, 0.3) is 11.4 Å². The van der Waals surface area contributed by atoms with Crippen LogP contribution < -0.4 is 5.32 Å². The molecular formula is C21H26N6O2S. The quantitative estimate of drug-likeness (QED) is 0.627. The Morgan fingerprint density at radius 1 is 1.17 bits per heavy atom. The minimum absolute atomic E-state index is 0.0342. The molecule has 0 unspecified atom stereocenters. The van der Waals surface area contributed by atoms with Crippen molar-refractivity contribution in [2.75, 3.05) is 6.54 Å². The zero-order chi connectivity index (χ0) is 21.7. The van der Waals surface area contributed by atoms with Crippen molar-refractivity contribution in [3.63, 3.8) is 0 Å². The fraction of sp³-hybridized carbons (Fsp3) is 0.381. The molecule has 0 bridgehead atoms. The number of nitrogens with one attached hydrogen (secondary N) is 1. The summed E-state index contributed by atoms with van der Waals surface area (Å²) < 4.78 is 0. The normalized spacial score (nSPS) is 11.3. The fourth-order valence-corrected chi connectivity index (χ4v) is 3.52. The summed E-state index contributed by atoms with van der Waals surface area (Å²) in [6, 6.07) is 11.6. The number of tetrazole rings is 1. The van der Waals surface area contributed by atoms with Gasteiger partial charge in [0.1, 0.15) is 6.54 Å². The number of rotatable bonds is 7. The van der Waals surface area contributed by atoms with Crippen LogP contribution in [0, 0.1) is 6.92 Å². The van der Waals surface area contributed by atoms with Crippen molar-refractivity contribution in [1.82, 2.24) is 30.4 Å². The Hall–Kier alpha value is -3.07. The second kappa shape index (κ2) is 9.17. The van der Waals surface area contributed by atoms with Crippen molar-refractivity contribution in [3.8, 4) is 11.4 Å². The van der Waals surface area contributed by atoms with E-state index in [0.717, 1.165) is 16.0 Å². The van der Waals surface area contributed by atoms with E-state index in [-0.39, 0.29) is 30.4 Å². The van der Waals surface area contributed by atoms with E-state index in [9.17, 15) is 9.59 Å². The van der Waals surface area contributed by atoms with Crippen LogP contribution in [-0.4, -0.2) is 49.0 Å². The summed E-state index contributed by atoms with van der Waals surface area (Å²) in [6.07, 6.45) is 0. The van der Waals surface area contributed by atoms with E-state index in [2.05, 4.69) is 20.7 Å². The van der Waals surface area contributed by atoms with Gasteiger partial charge in [-0.2, -0.15) is 4.80 Å². The maximum Gasteiger partial charge on any atom is 0.247 e. The first kappa shape index (κ1) is 21.6. The van der Waals surface area contributed by atoms with Gasteiger partial charge in [-0.15, -0.1) is 21.5 Å². The number of carbonyl (C=O) groups is 2. The van der Waals surface area contributed by atoms with E-state index >= 15 is 0 Å². The third-order valence-electron chi connectivity index (χ3n) is 4.17. The van der Waals surface area contributed by atoms with Crippen LogP contribution in [0.15, 0.2) is 41.8 Å². The number of nitrogens with zero attached hydrogens (tertiary/aromatic N) is 5. The molecular weight excluding hydrogens is 400 g/mol. The topological polar surface area (TPSA) is 93.0 Å². The smallest absolute Gasteiger partial charge is 0.247 e. The number of thiophene rings is 1. The van der Waals surface area contributed by atoms with Gasteiger partial charge >= 0.3 is 0 Å². The summed E-state index contributed by atoms with van der Waals surface area (Å²) in [7, 11) is 0. The molecule has 158 valence electrons. The highest BCUT2D eigenvalue weighted by atomic mass is 32.1. The maximum atomic E-state index is 13.0.